The van der Waals surface area contributed by atoms with E-state index >= 15 is 0 Å². The number of hydrogen-bond donors (Lipinski definition) is 0. The van der Waals surface area contributed by atoms with E-state index in [1.165, 1.54) is 30.4 Å². The maximum atomic E-state index is 5.96. The van der Waals surface area contributed by atoms with E-state index in [4.69, 9.17) is 11.2 Å². The third-order valence-corrected chi connectivity index (χ3v) is 5.17. The van der Waals surface area contributed by atoms with Gasteiger partial charge in [-0.25, -0.2) is 0 Å². The van der Waals surface area contributed by atoms with Crippen LogP contribution in [0.3, 0.4) is 0 Å². The summed E-state index contributed by atoms with van der Waals surface area (Å²) in [5.41, 5.74) is 3.95. The number of unbranched alkanes of at least 4 members (excludes halogenated alkanes) is 2. The molecule has 1 aliphatic rings. The predicted molar refractivity (Wildman–Crippen MR) is 90.0 cm³/mol. The van der Waals surface area contributed by atoms with Crippen LogP contribution in [0.25, 0.3) is 0 Å². The Balaban J connectivity index is 2.40. The molecule has 0 aliphatic carbocycles. The van der Waals surface area contributed by atoms with Crippen LogP contribution in [-0.4, -0.2) is 6.61 Å². The van der Waals surface area contributed by atoms with Crippen LogP contribution in [0.2, 0.25) is 0 Å². The van der Waals surface area contributed by atoms with E-state index in [9.17, 15) is 0 Å². The van der Waals surface area contributed by atoms with Crippen molar-refractivity contribution >= 4 is 0 Å². The highest BCUT2D eigenvalue weighted by Crippen LogP contribution is 2.44. The minimum absolute atomic E-state index is 0.251. The third kappa shape index (κ3) is 3.10. The molecule has 1 aromatic rings. The van der Waals surface area contributed by atoms with Gasteiger partial charge in [-0.3, -0.25) is 0 Å². The van der Waals surface area contributed by atoms with Crippen molar-refractivity contribution in [2.24, 2.45) is 0 Å². The third-order valence-electron chi connectivity index (χ3n) is 5.17. The van der Waals surface area contributed by atoms with E-state index in [-0.39, 0.29) is 5.41 Å². The van der Waals surface area contributed by atoms with Gasteiger partial charge in [0.2, 0.25) is 0 Å². The highest BCUT2D eigenvalue weighted by atomic mass is 16.5. The van der Waals surface area contributed by atoms with Crippen molar-refractivity contribution < 1.29 is 4.74 Å². The smallest absolute Gasteiger partial charge is 0.123 e. The molecule has 0 saturated heterocycles. The van der Waals surface area contributed by atoms with E-state index in [0.29, 0.717) is 0 Å². The van der Waals surface area contributed by atoms with Gasteiger partial charge in [-0.1, -0.05) is 39.5 Å². The Kier molecular flexibility index (Phi) is 5.34. The number of fused-ring (bicyclic) bond motifs is 1. The zero-order chi connectivity index (χ0) is 15.3. The monoisotopic (exact) mass is 284 g/mol. The molecule has 1 heterocycles. The summed E-state index contributed by atoms with van der Waals surface area (Å²) in [6, 6.07) is 4.46. The van der Waals surface area contributed by atoms with Crippen molar-refractivity contribution in [1.29, 1.82) is 0 Å². The fourth-order valence-electron chi connectivity index (χ4n) is 3.54. The molecule has 0 saturated carbocycles. The summed E-state index contributed by atoms with van der Waals surface area (Å²) in [6.07, 6.45) is 13.9. The lowest BCUT2D eigenvalue weighted by molar-refractivity contribution is 0.204. The number of hydrogen-bond acceptors (Lipinski definition) is 1. The fraction of sp³-hybridized carbons (Fsp3) is 0.600. The Morgan fingerprint density at radius 1 is 1.19 bits per heavy atom. The lowest BCUT2D eigenvalue weighted by Gasteiger charge is -2.38. The molecular weight excluding hydrogens is 256 g/mol. The first-order valence-electron chi connectivity index (χ1n) is 8.47. The van der Waals surface area contributed by atoms with Crippen molar-refractivity contribution in [2.75, 3.05) is 6.61 Å². The van der Waals surface area contributed by atoms with Gasteiger partial charge in [0.25, 0.3) is 0 Å². The normalized spacial score (nSPS) is 15.9. The lowest BCUT2D eigenvalue weighted by Crippen LogP contribution is -2.32. The molecule has 114 valence electrons. The summed E-state index contributed by atoms with van der Waals surface area (Å²) >= 11 is 0. The molecule has 1 nitrogen and oxygen atoms in total. The second-order valence-electron chi connectivity index (χ2n) is 6.19. The Morgan fingerprint density at radius 2 is 1.95 bits per heavy atom. The molecule has 0 aromatic heterocycles. The van der Waals surface area contributed by atoms with Gasteiger partial charge < -0.3 is 4.74 Å². The number of aryl methyl sites for hydroxylation is 1. The van der Waals surface area contributed by atoms with Crippen LogP contribution in [0, 0.1) is 12.3 Å². The van der Waals surface area contributed by atoms with Crippen molar-refractivity contribution in [3.05, 3.63) is 28.8 Å². The quantitative estimate of drug-likeness (QED) is 0.512. The van der Waals surface area contributed by atoms with Gasteiger partial charge in [-0.05, 0) is 49.8 Å². The second kappa shape index (κ2) is 7.03. The first-order chi connectivity index (χ1) is 10.2. The highest BCUT2D eigenvalue weighted by molar-refractivity contribution is 5.52. The van der Waals surface area contributed by atoms with Gasteiger partial charge in [0.1, 0.15) is 5.75 Å². The van der Waals surface area contributed by atoms with Crippen LogP contribution in [0.15, 0.2) is 12.1 Å². The van der Waals surface area contributed by atoms with Crippen molar-refractivity contribution in [1.82, 2.24) is 0 Å². The molecule has 1 heteroatoms. The first kappa shape index (κ1) is 16.0. The van der Waals surface area contributed by atoms with E-state index in [0.717, 1.165) is 43.6 Å². The standard InChI is InChI=1S/C20H28O/c1-5-9-10-11-17-15-19-18(14-16(17)6-2)20(7-3,8-4)12-13-21-19/h2,14-15H,5,7-13H2,1,3-4H3. The molecule has 0 N–H and O–H groups in total. The maximum Gasteiger partial charge on any atom is 0.123 e. The number of ether oxygens (including phenoxy) is 1. The van der Waals surface area contributed by atoms with E-state index in [1.807, 2.05) is 0 Å². The van der Waals surface area contributed by atoms with E-state index < -0.39 is 0 Å². The largest absolute Gasteiger partial charge is 0.493 e. The van der Waals surface area contributed by atoms with Crippen LogP contribution in [0.1, 0.15) is 76.0 Å². The Bertz CT molecular complexity index is 517. The van der Waals surface area contributed by atoms with Crippen molar-refractivity contribution in [3.63, 3.8) is 0 Å². The minimum atomic E-state index is 0.251. The molecule has 21 heavy (non-hydrogen) atoms. The Labute approximate surface area is 130 Å². The van der Waals surface area contributed by atoms with Gasteiger partial charge in [0.05, 0.1) is 6.61 Å². The zero-order valence-electron chi connectivity index (χ0n) is 13.8. The van der Waals surface area contributed by atoms with Gasteiger partial charge in [-0.2, -0.15) is 0 Å². The zero-order valence-corrected chi connectivity index (χ0v) is 13.8. The fourth-order valence-corrected chi connectivity index (χ4v) is 3.54. The first-order valence-corrected chi connectivity index (χ1v) is 8.47. The van der Waals surface area contributed by atoms with Crippen LogP contribution in [0.5, 0.6) is 5.75 Å². The molecule has 0 atom stereocenters. The minimum Gasteiger partial charge on any atom is -0.493 e. The van der Waals surface area contributed by atoms with E-state index in [1.54, 1.807) is 0 Å². The maximum absolute atomic E-state index is 5.96. The topological polar surface area (TPSA) is 9.23 Å². The molecule has 0 fully saturated rings. The Hall–Kier alpha value is -1.42. The van der Waals surface area contributed by atoms with Gasteiger partial charge in [0, 0.05) is 16.5 Å². The molecule has 0 amide bonds. The van der Waals surface area contributed by atoms with Crippen LogP contribution in [-0.2, 0) is 11.8 Å². The summed E-state index contributed by atoms with van der Waals surface area (Å²) in [5, 5.41) is 0. The predicted octanol–water partition coefficient (Wildman–Crippen LogP) is 5.24. The summed E-state index contributed by atoms with van der Waals surface area (Å²) in [6.45, 7) is 7.63. The summed E-state index contributed by atoms with van der Waals surface area (Å²) in [4.78, 5) is 0. The lowest BCUT2D eigenvalue weighted by atomic mass is 9.71. The summed E-state index contributed by atoms with van der Waals surface area (Å²) in [5.74, 6) is 3.98. The molecule has 1 aliphatic heterocycles. The SMILES string of the molecule is C#Cc1cc2c(cc1CCCCC)OCCC2(CC)CC. The average Bonchev–Trinajstić information content (AvgIpc) is 2.53. The number of terminal acetylenes is 1. The van der Waals surface area contributed by atoms with Crippen LogP contribution < -0.4 is 4.74 Å². The molecule has 2 rings (SSSR count). The van der Waals surface area contributed by atoms with Gasteiger partial charge in [0.15, 0.2) is 0 Å². The summed E-state index contributed by atoms with van der Waals surface area (Å²) < 4.78 is 5.96. The Morgan fingerprint density at radius 3 is 2.57 bits per heavy atom. The average molecular weight is 284 g/mol. The highest BCUT2D eigenvalue weighted by Gasteiger charge is 2.35. The summed E-state index contributed by atoms with van der Waals surface area (Å²) in [7, 11) is 0. The van der Waals surface area contributed by atoms with Gasteiger partial charge >= 0.3 is 0 Å². The number of rotatable bonds is 6. The number of benzene rings is 1. The molecule has 0 spiro atoms. The molecule has 0 bridgehead atoms. The molecule has 1 aromatic carbocycles. The van der Waals surface area contributed by atoms with Crippen LogP contribution in [0.4, 0.5) is 0 Å². The van der Waals surface area contributed by atoms with Crippen molar-refractivity contribution in [3.8, 4) is 18.1 Å². The van der Waals surface area contributed by atoms with Crippen LogP contribution >= 0.6 is 0 Å². The van der Waals surface area contributed by atoms with Gasteiger partial charge in [-0.15, -0.1) is 6.42 Å². The molecule has 0 radical (unpaired) electrons. The molecule has 0 unspecified atom stereocenters. The van der Waals surface area contributed by atoms with Crippen molar-refractivity contribution in [2.45, 2.75) is 71.1 Å². The molecular formula is C20H28O. The second-order valence-corrected chi connectivity index (χ2v) is 6.19. The van der Waals surface area contributed by atoms with E-state index in [2.05, 4.69) is 38.8 Å².